The molecule has 1 aliphatic rings. The Bertz CT molecular complexity index is 912. The van der Waals surface area contributed by atoms with Gasteiger partial charge in [-0.25, -0.2) is 0 Å². The van der Waals surface area contributed by atoms with Crippen LogP contribution in [0.4, 0.5) is 0 Å². The molecule has 1 atom stereocenters. The Kier molecular flexibility index (Phi) is 8.47. The highest BCUT2D eigenvalue weighted by molar-refractivity contribution is 6.36. The molecule has 0 saturated heterocycles. The predicted molar refractivity (Wildman–Crippen MR) is 124 cm³/mol. The first-order valence-corrected chi connectivity index (χ1v) is 11.4. The Morgan fingerprint density at radius 3 is 2.29 bits per heavy atom. The molecule has 3 rings (SSSR count). The fourth-order valence-electron chi connectivity index (χ4n) is 3.61. The standard InChI is InChI=1S/C23H25Cl3N2O3/c1-15(23(30)27-16-7-2-3-8-16)28(13-17-18(24)10-6-11-19(17)25)22(29)14-31-21-12-5-4-9-20(21)26/h4-6,9-12,15-16H,2-3,7-8,13-14H2,1H3,(H,27,30)/t15-/m0/s1. The molecule has 0 bridgehead atoms. The summed E-state index contributed by atoms with van der Waals surface area (Å²) in [6.07, 6.45) is 4.11. The van der Waals surface area contributed by atoms with Crippen molar-refractivity contribution in [1.29, 1.82) is 0 Å². The molecule has 0 radical (unpaired) electrons. The van der Waals surface area contributed by atoms with Crippen LogP contribution in [-0.2, 0) is 16.1 Å². The van der Waals surface area contributed by atoms with Crippen LogP contribution in [0.5, 0.6) is 5.75 Å². The van der Waals surface area contributed by atoms with E-state index >= 15 is 0 Å². The fourth-order valence-corrected chi connectivity index (χ4v) is 4.32. The molecule has 5 nitrogen and oxygen atoms in total. The number of nitrogens with zero attached hydrogens (tertiary/aromatic N) is 1. The zero-order valence-corrected chi connectivity index (χ0v) is 19.5. The summed E-state index contributed by atoms with van der Waals surface area (Å²) in [6, 6.07) is 11.5. The van der Waals surface area contributed by atoms with Crippen molar-refractivity contribution in [3.8, 4) is 5.75 Å². The first-order chi connectivity index (χ1) is 14.9. The number of hydrogen-bond donors (Lipinski definition) is 1. The van der Waals surface area contributed by atoms with E-state index in [0.717, 1.165) is 25.7 Å². The van der Waals surface area contributed by atoms with Crippen molar-refractivity contribution < 1.29 is 14.3 Å². The molecule has 0 unspecified atom stereocenters. The molecule has 1 aliphatic carbocycles. The maximum Gasteiger partial charge on any atom is 0.261 e. The zero-order chi connectivity index (χ0) is 22.4. The van der Waals surface area contributed by atoms with Crippen LogP contribution in [0, 0.1) is 0 Å². The summed E-state index contributed by atoms with van der Waals surface area (Å²) in [5.41, 5.74) is 0.581. The Morgan fingerprint density at radius 2 is 1.65 bits per heavy atom. The number of para-hydroxylation sites is 1. The fraction of sp³-hybridized carbons (Fsp3) is 0.391. The number of hydrogen-bond acceptors (Lipinski definition) is 3. The minimum atomic E-state index is -0.727. The quantitative estimate of drug-likeness (QED) is 0.539. The van der Waals surface area contributed by atoms with E-state index < -0.39 is 6.04 Å². The van der Waals surface area contributed by atoms with E-state index in [2.05, 4.69) is 5.32 Å². The van der Waals surface area contributed by atoms with Crippen LogP contribution < -0.4 is 10.1 Å². The second-order valence-corrected chi connectivity index (χ2v) is 8.83. The summed E-state index contributed by atoms with van der Waals surface area (Å²) in [5, 5.41) is 4.32. The van der Waals surface area contributed by atoms with Crippen molar-refractivity contribution in [2.75, 3.05) is 6.61 Å². The van der Waals surface area contributed by atoms with E-state index in [1.807, 2.05) is 0 Å². The van der Waals surface area contributed by atoms with Crippen LogP contribution in [-0.4, -0.2) is 35.4 Å². The molecular formula is C23H25Cl3N2O3. The Labute approximate surface area is 197 Å². The summed E-state index contributed by atoms with van der Waals surface area (Å²) < 4.78 is 5.62. The number of halogens is 3. The Morgan fingerprint density at radius 1 is 1.03 bits per heavy atom. The van der Waals surface area contributed by atoms with Crippen LogP contribution in [0.3, 0.4) is 0 Å². The highest BCUT2D eigenvalue weighted by atomic mass is 35.5. The van der Waals surface area contributed by atoms with Crippen molar-refractivity contribution in [2.24, 2.45) is 0 Å². The second-order valence-electron chi connectivity index (χ2n) is 7.61. The molecule has 0 heterocycles. The van der Waals surface area contributed by atoms with Gasteiger partial charge < -0.3 is 15.0 Å². The van der Waals surface area contributed by atoms with Crippen LogP contribution >= 0.6 is 34.8 Å². The number of rotatable bonds is 8. The van der Waals surface area contributed by atoms with Gasteiger partial charge in [0.25, 0.3) is 5.91 Å². The molecular weight excluding hydrogens is 459 g/mol. The number of carbonyl (C=O) groups is 2. The number of benzene rings is 2. The number of carbonyl (C=O) groups excluding carboxylic acids is 2. The van der Waals surface area contributed by atoms with Gasteiger partial charge in [0, 0.05) is 28.2 Å². The summed E-state index contributed by atoms with van der Waals surface area (Å²) in [6.45, 7) is 1.51. The highest BCUT2D eigenvalue weighted by Crippen LogP contribution is 2.27. The minimum absolute atomic E-state index is 0.0858. The molecule has 0 spiro atoms. The normalized spacial score (nSPS) is 14.8. The number of ether oxygens (including phenoxy) is 1. The molecule has 2 amide bonds. The van der Waals surface area contributed by atoms with Crippen LogP contribution in [0.2, 0.25) is 15.1 Å². The van der Waals surface area contributed by atoms with Gasteiger partial charge in [0.1, 0.15) is 11.8 Å². The molecule has 1 saturated carbocycles. The maximum atomic E-state index is 13.1. The maximum absolute atomic E-state index is 13.1. The lowest BCUT2D eigenvalue weighted by atomic mass is 10.1. The van der Waals surface area contributed by atoms with Gasteiger partial charge in [-0.15, -0.1) is 0 Å². The molecule has 2 aromatic carbocycles. The molecule has 1 N–H and O–H groups in total. The lowest BCUT2D eigenvalue weighted by Gasteiger charge is -2.30. The third-order valence-corrected chi connectivity index (χ3v) is 6.47. The SMILES string of the molecule is C[C@@H](C(=O)NC1CCCC1)N(Cc1c(Cl)cccc1Cl)C(=O)COc1ccccc1Cl. The van der Waals surface area contributed by atoms with Gasteiger partial charge >= 0.3 is 0 Å². The highest BCUT2D eigenvalue weighted by Gasteiger charge is 2.29. The number of amides is 2. The molecule has 8 heteroatoms. The lowest BCUT2D eigenvalue weighted by molar-refractivity contribution is -0.142. The minimum Gasteiger partial charge on any atom is -0.482 e. The molecule has 0 aromatic heterocycles. The van der Waals surface area contributed by atoms with Gasteiger partial charge in [0.15, 0.2) is 6.61 Å². The van der Waals surface area contributed by atoms with Crippen LogP contribution in [0.15, 0.2) is 42.5 Å². The summed E-state index contributed by atoms with van der Waals surface area (Å²) in [4.78, 5) is 27.5. The third-order valence-electron chi connectivity index (χ3n) is 5.45. The zero-order valence-electron chi connectivity index (χ0n) is 17.2. The van der Waals surface area contributed by atoms with Gasteiger partial charge in [0.05, 0.1) is 5.02 Å². The van der Waals surface area contributed by atoms with Crippen LogP contribution in [0.1, 0.15) is 38.2 Å². The van der Waals surface area contributed by atoms with E-state index in [0.29, 0.717) is 26.4 Å². The van der Waals surface area contributed by atoms with Crippen molar-refractivity contribution in [3.63, 3.8) is 0 Å². The van der Waals surface area contributed by atoms with Gasteiger partial charge in [-0.1, -0.05) is 65.8 Å². The van der Waals surface area contributed by atoms with Crippen molar-refractivity contribution in [3.05, 3.63) is 63.1 Å². The first-order valence-electron chi connectivity index (χ1n) is 10.3. The van der Waals surface area contributed by atoms with Gasteiger partial charge in [-0.3, -0.25) is 9.59 Å². The smallest absolute Gasteiger partial charge is 0.261 e. The lowest BCUT2D eigenvalue weighted by Crippen LogP contribution is -2.50. The van der Waals surface area contributed by atoms with E-state index in [-0.39, 0.29) is 31.0 Å². The average Bonchev–Trinajstić information content (AvgIpc) is 3.25. The van der Waals surface area contributed by atoms with Crippen molar-refractivity contribution >= 4 is 46.6 Å². The van der Waals surface area contributed by atoms with E-state index in [1.165, 1.54) is 4.90 Å². The van der Waals surface area contributed by atoms with E-state index in [1.54, 1.807) is 49.4 Å². The molecule has 31 heavy (non-hydrogen) atoms. The second kappa shape index (κ2) is 11.1. The summed E-state index contributed by atoms with van der Waals surface area (Å²) in [7, 11) is 0. The topological polar surface area (TPSA) is 58.6 Å². The van der Waals surface area contributed by atoms with Crippen LogP contribution in [0.25, 0.3) is 0 Å². The van der Waals surface area contributed by atoms with E-state index in [4.69, 9.17) is 39.5 Å². The Balaban J connectivity index is 1.77. The number of nitrogens with one attached hydrogen (secondary N) is 1. The summed E-state index contributed by atoms with van der Waals surface area (Å²) >= 11 is 18.8. The Hall–Kier alpha value is -1.95. The average molecular weight is 484 g/mol. The first kappa shape index (κ1) is 23.7. The summed E-state index contributed by atoms with van der Waals surface area (Å²) in [5.74, 6) is -0.178. The van der Waals surface area contributed by atoms with Gasteiger partial charge in [-0.2, -0.15) is 0 Å². The largest absolute Gasteiger partial charge is 0.482 e. The molecule has 1 fully saturated rings. The monoisotopic (exact) mass is 482 g/mol. The molecule has 0 aliphatic heterocycles. The molecule has 2 aromatic rings. The van der Waals surface area contributed by atoms with Gasteiger partial charge in [-0.05, 0) is 44.0 Å². The van der Waals surface area contributed by atoms with E-state index in [9.17, 15) is 9.59 Å². The van der Waals surface area contributed by atoms with Crippen molar-refractivity contribution in [1.82, 2.24) is 10.2 Å². The van der Waals surface area contributed by atoms with Crippen molar-refractivity contribution in [2.45, 2.75) is 51.2 Å². The molecule has 166 valence electrons. The third kappa shape index (κ3) is 6.28. The van der Waals surface area contributed by atoms with Gasteiger partial charge in [0.2, 0.25) is 5.91 Å². The predicted octanol–water partition coefficient (Wildman–Crippen LogP) is 5.50.